The van der Waals surface area contributed by atoms with Crippen molar-refractivity contribution in [1.82, 2.24) is 15.5 Å². The molecule has 2 rings (SSSR count). The van der Waals surface area contributed by atoms with Gasteiger partial charge in [-0.1, -0.05) is 15.9 Å². The van der Waals surface area contributed by atoms with Crippen molar-refractivity contribution < 1.29 is 8.81 Å². The normalized spacial score (nSPS) is 10.7. The molecule has 0 fully saturated rings. The van der Waals surface area contributed by atoms with Crippen molar-refractivity contribution in [3.63, 3.8) is 0 Å². The minimum Gasteiger partial charge on any atom is -0.419 e. The molecule has 0 saturated carbocycles. The highest BCUT2D eigenvalue weighted by Gasteiger charge is 2.12. The quantitative estimate of drug-likeness (QED) is 0.941. The summed E-state index contributed by atoms with van der Waals surface area (Å²) in [5, 5.41) is 10.5. The molecule has 0 atom stereocenters. The number of nitrogens with one attached hydrogen (secondary N) is 1. The van der Waals surface area contributed by atoms with Gasteiger partial charge in [0.05, 0.1) is 12.1 Å². The molecule has 0 amide bonds. The topological polar surface area (TPSA) is 51.0 Å². The second-order valence-electron chi connectivity index (χ2n) is 3.16. The van der Waals surface area contributed by atoms with E-state index in [0.717, 1.165) is 4.47 Å². The van der Waals surface area contributed by atoms with Gasteiger partial charge >= 0.3 is 0 Å². The zero-order valence-corrected chi connectivity index (χ0v) is 10.1. The van der Waals surface area contributed by atoms with Gasteiger partial charge in [0.15, 0.2) is 0 Å². The van der Waals surface area contributed by atoms with E-state index in [4.69, 9.17) is 4.42 Å². The van der Waals surface area contributed by atoms with E-state index >= 15 is 0 Å². The van der Waals surface area contributed by atoms with Crippen LogP contribution in [-0.4, -0.2) is 17.2 Å². The van der Waals surface area contributed by atoms with Gasteiger partial charge in [-0.05, 0) is 25.2 Å². The van der Waals surface area contributed by atoms with Crippen molar-refractivity contribution in [3.05, 3.63) is 34.4 Å². The zero-order chi connectivity index (χ0) is 11.5. The van der Waals surface area contributed by atoms with Gasteiger partial charge in [-0.15, -0.1) is 10.2 Å². The number of nitrogens with zero attached hydrogens (tertiary/aromatic N) is 2. The molecule has 0 aliphatic rings. The lowest BCUT2D eigenvalue weighted by atomic mass is 10.2. The largest absolute Gasteiger partial charge is 0.419 e. The van der Waals surface area contributed by atoms with Gasteiger partial charge in [0.25, 0.3) is 5.89 Å². The van der Waals surface area contributed by atoms with Crippen LogP contribution >= 0.6 is 15.9 Å². The molecule has 84 valence electrons. The van der Waals surface area contributed by atoms with E-state index in [2.05, 4.69) is 31.4 Å². The maximum Gasteiger partial charge on any atom is 0.250 e. The summed E-state index contributed by atoms with van der Waals surface area (Å²) in [5.74, 6) is 0.226. The molecule has 1 heterocycles. The average Bonchev–Trinajstić information content (AvgIpc) is 2.71. The third-order valence-corrected chi connectivity index (χ3v) is 2.45. The molecule has 0 bridgehead atoms. The molecule has 0 saturated heterocycles. The number of benzene rings is 1. The summed E-state index contributed by atoms with van der Waals surface area (Å²) >= 11 is 3.26. The molecule has 0 aliphatic carbocycles. The Morgan fingerprint density at radius 2 is 2.25 bits per heavy atom. The minimum absolute atomic E-state index is 0.184. The number of hydrogen-bond acceptors (Lipinski definition) is 4. The van der Waals surface area contributed by atoms with Crippen LogP contribution in [-0.2, 0) is 6.54 Å². The maximum atomic E-state index is 13.5. The zero-order valence-electron chi connectivity index (χ0n) is 8.50. The van der Waals surface area contributed by atoms with Crippen LogP contribution in [0.1, 0.15) is 5.89 Å². The van der Waals surface area contributed by atoms with E-state index in [9.17, 15) is 4.39 Å². The van der Waals surface area contributed by atoms with Crippen molar-refractivity contribution in [1.29, 1.82) is 0 Å². The molecule has 0 radical (unpaired) electrons. The Labute approximate surface area is 100 Å². The van der Waals surface area contributed by atoms with Crippen LogP contribution in [0.4, 0.5) is 4.39 Å². The van der Waals surface area contributed by atoms with E-state index in [0.29, 0.717) is 18.0 Å². The molecule has 1 aromatic carbocycles. The summed E-state index contributed by atoms with van der Waals surface area (Å²) in [6.07, 6.45) is 0. The second kappa shape index (κ2) is 4.71. The fraction of sp³-hybridized carbons (Fsp3) is 0.200. The standard InChI is InChI=1S/C10H9BrFN3O/c1-13-5-9-14-15-10(16-9)7-4-6(11)2-3-8(7)12/h2-4,13H,5H2,1H3. The van der Waals surface area contributed by atoms with Crippen molar-refractivity contribution in [2.45, 2.75) is 6.54 Å². The molecule has 1 N–H and O–H groups in total. The third-order valence-electron chi connectivity index (χ3n) is 1.95. The first-order chi connectivity index (χ1) is 7.70. The van der Waals surface area contributed by atoms with Crippen LogP contribution in [0.2, 0.25) is 0 Å². The van der Waals surface area contributed by atoms with Gasteiger partial charge in [0.2, 0.25) is 5.89 Å². The predicted octanol–water partition coefficient (Wildman–Crippen LogP) is 2.36. The van der Waals surface area contributed by atoms with Crippen LogP contribution in [0.3, 0.4) is 0 Å². The first-order valence-corrected chi connectivity index (χ1v) is 5.42. The number of hydrogen-bond donors (Lipinski definition) is 1. The Hall–Kier alpha value is -1.27. The van der Waals surface area contributed by atoms with Crippen molar-refractivity contribution in [2.24, 2.45) is 0 Å². The molecule has 1 aromatic heterocycles. The van der Waals surface area contributed by atoms with Crippen molar-refractivity contribution in [2.75, 3.05) is 7.05 Å². The highest BCUT2D eigenvalue weighted by molar-refractivity contribution is 9.10. The van der Waals surface area contributed by atoms with E-state index in [1.807, 2.05) is 0 Å². The Balaban J connectivity index is 2.38. The molecule has 4 nitrogen and oxygen atoms in total. The van der Waals surface area contributed by atoms with Crippen molar-refractivity contribution in [3.8, 4) is 11.5 Å². The highest BCUT2D eigenvalue weighted by atomic mass is 79.9. The van der Waals surface area contributed by atoms with Crippen LogP contribution in [0.15, 0.2) is 27.1 Å². The lowest BCUT2D eigenvalue weighted by Crippen LogP contribution is -2.04. The summed E-state index contributed by atoms with van der Waals surface area (Å²) < 4.78 is 19.5. The average molecular weight is 286 g/mol. The van der Waals surface area contributed by atoms with Gasteiger partial charge in [0, 0.05) is 4.47 Å². The fourth-order valence-electron chi connectivity index (χ4n) is 1.25. The SMILES string of the molecule is CNCc1nnc(-c2cc(Br)ccc2F)o1. The van der Waals surface area contributed by atoms with Gasteiger partial charge < -0.3 is 9.73 Å². The van der Waals surface area contributed by atoms with E-state index in [1.165, 1.54) is 6.07 Å². The second-order valence-corrected chi connectivity index (χ2v) is 4.07. The summed E-state index contributed by atoms with van der Waals surface area (Å²) in [6, 6.07) is 4.57. The summed E-state index contributed by atoms with van der Waals surface area (Å²) in [6.45, 7) is 0.461. The lowest BCUT2D eigenvalue weighted by Gasteiger charge is -1.98. The van der Waals surface area contributed by atoms with Crippen LogP contribution in [0, 0.1) is 5.82 Å². The van der Waals surface area contributed by atoms with Gasteiger partial charge in [0.1, 0.15) is 5.82 Å². The Morgan fingerprint density at radius 3 is 3.00 bits per heavy atom. The first-order valence-electron chi connectivity index (χ1n) is 4.63. The van der Waals surface area contributed by atoms with E-state index in [-0.39, 0.29) is 11.7 Å². The Kier molecular flexibility index (Phi) is 3.31. The Morgan fingerprint density at radius 1 is 1.44 bits per heavy atom. The van der Waals surface area contributed by atoms with Crippen LogP contribution in [0.5, 0.6) is 0 Å². The van der Waals surface area contributed by atoms with Crippen LogP contribution in [0.25, 0.3) is 11.5 Å². The van der Waals surface area contributed by atoms with Gasteiger partial charge in [-0.25, -0.2) is 4.39 Å². The fourth-order valence-corrected chi connectivity index (χ4v) is 1.61. The number of rotatable bonds is 3. The lowest BCUT2D eigenvalue weighted by molar-refractivity contribution is 0.487. The number of aromatic nitrogens is 2. The number of halogens is 2. The summed E-state index contributed by atoms with van der Waals surface area (Å²) in [4.78, 5) is 0. The van der Waals surface area contributed by atoms with Gasteiger partial charge in [-0.2, -0.15) is 0 Å². The summed E-state index contributed by atoms with van der Waals surface area (Å²) in [5.41, 5.74) is 0.296. The maximum absolute atomic E-state index is 13.5. The molecule has 0 aliphatic heterocycles. The van der Waals surface area contributed by atoms with Gasteiger partial charge in [-0.3, -0.25) is 0 Å². The van der Waals surface area contributed by atoms with Crippen LogP contribution < -0.4 is 5.32 Å². The van der Waals surface area contributed by atoms with Crippen molar-refractivity contribution >= 4 is 15.9 Å². The third kappa shape index (κ3) is 2.28. The smallest absolute Gasteiger partial charge is 0.250 e. The predicted molar refractivity (Wildman–Crippen MR) is 60.2 cm³/mol. The minimum atomic E-state index is -0.386. The molecular weight excluding hydrogens is 277 g/mol. The van der Waals surface area contributed by atoms with E-state index < -0.39 is 0 Å². The monoisotopic (exact) mass is 285 g/mol. The molecule has 16 heavy (non-hydrogen) atoms. The molecule has 0 unspecified atom stereocenters. The molecule has 6 heteroatoms. The first kappa shape index (κ1) is 11.2. The Bertz CT molecular complexity index is 501. The molecule has 2 aromatic rings. The van der Waals surface area contributed by atoms with E-state index in [1.54, 1.807) is 19.2 Å². The molecule has 0 spiro atoms. The molecular formula is C10H9BrFN3O. The summed E-state index contributed by atoms with van der Waals surface area (Å²) in [7, 11) is 1.77. The highest BCUT2D eigenvalue weighted by Crippen LogP contribution is 2.25.